The summed E-state index contributed by atoms with van der Waals surface area (Å²) in [7, 11) is 0. The minimum Gasteiger partial charge on any atom is -0.347 e. The average molecular weight is 310 g/mol. The van der Waals surface area contributed by atoms with Crippen molar-refractivity contribution in [2.24, 2.45) is 0 Å². The Labute approximate surface area is 129 Å². The van der Waals surface area contributed by atoms with Crippen molar-refractivity contribution in [3.63, 3.8) is 0 Å². The van der Waals surface area contributed by atoms with E-state index >= 15 is 0 Å². The van der Waals surface area contributed by atoms with Gasteiger partial charge in [-0.2, -0.15) is 11.8 Å². The van der Waals surface area contributed by atoms with Crippen LogP contribution in [-0.4, -0.2) is 35.6 Å². The molecule has 0 radical (unpaired) electrons. The molecule has 0 aromatic carbocycles. The van der Waals surface area contributed by atoms with Crippen LogP contribution in [0.4, 0.5) is 5.13 Å². The Morgan fingerprint density at radius 2 is 2.05 bits per heavy atom. The fraction of sp³-hybridized carbons (Fsp3) is 0.800. The Bertz CT molecular complexity index is 458. The second-order valence-corrected chi connectivity index (χ2v) is 8.47. The second kappa shape index (κ2) is 5.85. The molecule has 110 valence electrons. The predicted octanol–water partition coefficient (Wildman–Crippen LogP) is 3.22. The molecular formula is C15H23N3S2. The fourth-order valence-corrected chi connectivity index (χ4v) is 4.79. The minimum atomic E-state index is 0.775. The van der Waals surface area contributed by atoms with Crippen LogP contribution in [0.5, 0.6) is 0 Å². The third-order valence-electron chi connectivity index (χ3n) is 4.30. The summed E-state index contributed by atoms with van der Waals surface area (Å²) in [6.07, 6.45) is 6.76. The number of hydrogen-bond acceptors (Lipinski definition) is 5. The SMILES string of the molecule is C1CSCCN(c2nc(C3CC3)c(CNC3CC3)s2)C1. The Hall–Kier alpha value is -0.260. The van der Waals surface area contributed by atoms with E-state index < -0.39 is 0 Å². The molecule has 0 spiro atoms. The van der Waals surface area contributed by atoms with Gasteiger partial charge in [-0.05, 0) is 37.9 Å². The van der Waals surface area contributed by atoms with Crippen LogP contribution in [0, 0.1) is 0 Å². The first-order valence-corrected chi connectivity index (χ1v) is 9.93. The summed E-state index contributed by atoms with van der Waals surface area (Å²) >= 11 is 4.05. The van der Waals surface area contributed by atoms with Crippen LogP contribution in [0.3, 0.4) is 0 Å². The molecule has 1 aromatic rings. The number of thioether (sulfide) groups is 1. The van der Waals surface area contributed by atoms with Gasteiger partial charge in [-0.3, -0.25) is 0 Å². The molecule has 20 heavy (non-hydrogen) atoms. The van der Waals surface area contributed by atoms with Gasteiger partial charge in [0.05, 0.1) is 5.69 Å². The number of hydrogen-bond donors (Lipinski definition) is 1. The number of aromatic nitrogens is 1. The van der Waals surface area contributed by atoms with Crippen LogP contribution in [0.15, 0.2) is 0 Å². The van der Waals surface area contributed by atoms with Crippen LogP contribution in [0.25, 0.3) is 0 Å². The van der Waals surface area contributed by atoms with Crippen LogP contribution in [0.1, 0.15) is 48.6 Å². The lowest BCUT2D eigenvalue weighted by Crippen LogP contribution is -2.25. The Kier molecular flexibility index (Phi) is 3.92. The molecule has 3 fully saturated rings. The maximum atomic E-state index is 5.03. The van der Waals surface area contributed by atoms with Gasteiger partial charge in [-0.25, -0.2) is 4.98 Å². The summed E-state index contributed by atoms with van der Waals surface area (Å²) in [4.78, 5) is 9.08. The number of nitrogens with one attached hydrogen (secondary N) is 1. The molecule has 2 heterocycles. The normalized spacial score (nSPS) is 23.9. The lowest BCUT2D eigenvalue weighted by atomic mass is 10.2. The van der Waals surface area contributed by atoms with Crippen LogP contribution >= 0.6 is 23.1 Å². The van der Waals surface area contributed by atoms with E-state index in [1.165, 1.54) is 72.4 Å². The molecule has 0 amide bonds. The minimum absolute atomic E-state index is 0.775. The summed E-state index contributed by atoms with van der Waals surface area (Å²) in [6, 6.07) is 0.794. The van der Waals surface area contributed by atoms with E-state index in [-0.39, 0.29) is 0 Å². The van der Waals surface area contributed by atoms with E-state index in [4.69, 9.17) is 4.98 Å². The van der Waals surface area contributed by atoms with E-state index in [0.717, 1.165) is 18.5 Å². The van der Waals surface area contributed by atoms with Gasteiger partial charge in [0.2, 0.25) is 0 Å². The van der Waals surface area contributed by atoms with Gasteiger partial charge in [0.1, 0.15) is 0 Å². The van der Waals surface area contributed by atoms with Gasteiger partial charge in [-0.1, -0.05) is 0 Å². The van der Waals surface area contributed by atoms with Gasteiger partial charge >= 0.3 is 0 Å². The van der Waals surface area contributed by atoms with Crippen molar-refractivity contribution in [2.75, 3.05) is 29.5 Å². The highest BCUT2D eigenvalue weighted by molar-refractivity contribution is 7.99. The topological polar surface area (TPSA) is 28.2 Å². The van der Waals surface area contributed by atoms with Crippen molar-refractivity contribution in [3.8, 4) is 0 Å². The van der Waals surface area contributed by atoms with Gasteiger partial charge in [-0.15, -0.1) is 11.3 Å². The molecule has 0 unspecified atom stereocenters. The summed E-state index contributed by atoms with van der Waals surface area (Å²) in [5.41, 5.74) is 1.43. The first kappa shape index (κ1) is 13.4. The molecular weight excluding hydrogens is 286 g/mol. The van der Waals surface area contributed by atoms with Crippen molar-refractivity contribution in [1.82, 2.24) is 10.3 Å². The highest BCUT2D eigenvalue weighted by atomic mass is 32.2. The lowest BCUT2D eigenvalue weighted by molar-refractivity contribution is 0.688. The zero-order valence-corrected chi connectivity index (χ0v) is 13.6. The molecule has 2 aliphatic carbocycles. The molecule has 2 saturated carbocycles. The molecule has 5 heteroatoms. The molecule has 1 aromatic heterocycles. The summed E-state index contributed by atoms with van der Waals surface area (Å²) in [6.45, 7) is 3.43. The monoisotopic (exact) mass is 309 g/mol. The third-order valence-corrected chi connectivity index (χ3v) is 6.48. The quantitative estimate of drug-likeness (QED) is 0.904. The second-order valence-electron chi connectivity index (χ2n) is 6.19. The first-order valence-electron chi connectivity index (χ1n) is 7.96. The largest absolute Gasteiger partial charge is 0.347 e. The van der Waals surface area contributed by atoms with Crippen molar-refractivity contribution in [3.05, 3.63) is 10.6 Å². The Balaban J connectivity index is 1.51. The molecule has 1 aliphatic heterocycles. The van der Waals surface area contributed by atoms with Gasteiger partial charge in [0.25, 0.3) is 0 Å². The lowest BCUT2D eigenvalue weighted by Gasteiger charge is -2.18. The molecule has 1 saturated heterocycles. The standard InChI is InChI=1S/C15H23N3S2/c1-6-18(7-9-19-8-1)15-17-14(11-2-3-11)13(20-15)10-16-12-4-5-12/h11-12,16H,1-10H2. The smallest absolute Gasteiger partial charge is 0.185 e. The predicted molar refractivity (Wildman–Crippen MR) is 88.1 cm³/mol. The Morgan fingerprint density at radius 1 is 1.15 bits per heavy atom. The van der Waals surface area contributed by atoms with Gasteiger partial charge in [0, 0.05) is 42.2 Å². The zero-order valence-electron chi connectivity index (χ0n) is 11.9. The zero-order chi connectivity index (χ0) is 13.4. The van der Waals surface area contributed by atoms with Crippen LogP contribution in [-0.2, 0) is 6.54 Å². The van der Waals surface area contributed by atoms with Crippen LogP contribution < -0.4 is 10.2 Å². The molecule has 1 N–H and O–H groups in total. The van der Waals surface area contributed by atoms with Crippen molar-refractivity contribution >= 4 is 28.2 Å². The maximum absolute atomic E-state index is 5.03. The van der Waals surface area contributed by atoms with E-state index in [0.29, 0.717) is 0 Å². The van der Waals surface area contributed by atoms with Crippen molar-refractivity contribution < 1.29 is 0 Å². The molecule has 3 nitrogen and oxygen atoms in total. The fourth-order valence-electron chi connectivity index (χ4n) is 2.75. The number of anilines is 1. The molecule has 0 bridgehead atoms. The molecule has 4 rings (SSSR count). The highest BCUT2D eigenvalue weighted by Gasteiger charge is 2.31. The summed E-state index contributed by atoms with van der Waals surface area (Å²) in [5, 5.41) is 4.97. The maximum Gasteiger partial charge on any atom is 0.185 e. The van der Waals surface area contributed by atoms with E-state index in [9.17, 15) is 0 Å². The summed E-state index contributed by atoms with van der Waals surface area (Å²) in [5.74, 6) is 3.35. The van der Waals surface area contributed by atoms with E-state index in [2.05, 4.69) is 22.0 Å². The Morgan fingerprint density at radius 3 is 2.85 bits per heavy atom. The number of rotatable bonds is 5. The molecule has 0 atom stereocenters. The highest BCUT2D eigenvalue weighted by Crippen LogP contribution is 2.44. The third kappa shape index (κ3) is 3.15. The first-order chi connectivity index (χ1) is 9.90. The number of nitrogens with zero attached hydrogens (tertiary/aromatic N) is 2. The number of thiazole rings is 1. The van der Waals surface area contributed by atoms with Gasteiger partial charge in [0.15, 0.2) is 5.13 Å². The van der Waals surface area contributed by atoms with Crippen molar-refractivity contribution in [2.45, 2.75) is 50.6 Å². The average Bonchev–Trinajstić information content (AvgIpc) is 3.35. The van der Waals surface area contributed by atoms with E-state index in [1.807, 2.05) is 11.3 Å². The molecule has 3 aliphatic rings. The summed E-state index contributed by atoms with van der Waals surface area (Å²) < 4.78 is 0. The van der Waals surface area contributed by atoms with Gasteiger partial charge < -0.3 is 10.2 Å². The van der Waals surface area contributed by atoms with Crippen LogP contribution in [0.2, 0.25) is 0 Å². The van der Waals surface area contributed by atoms with E-state index in [1.54, 1.807) is 0 Å². The van der Waals surface area contributed by atoms with Crippen molar-refractivity contribution in [1.29, 1.82) is 0 Å².